The summed E-state index contributed by atoms with van der Waals surface area (Å²) >= 11 is 1.29. The fourth-order valence-electron chi connectivity index (χ4n) is 3.38. The highest BCUT2D eigenvalue weighted by molar-refractivity contribution is 7.12. The first-order valence-electron chi connectivity index (χ1n) is 9.49. The van der Waals surface area contributed by atoms with E-state index in [1.165, 1.54) is 21.8 Å². The normalized spacial score (nSPS) is 12.0. The fourth-order valence-corrected chi connectivity index (χ4v) is 3.99. The molecule has 0 spiro atoms. The molecule has 0 unspecified atom stereocenters. The predicted octanol–water partition coefficient (Wildman–Crippen LogP) is 3.29. The molecule has 4 heterocycles. The van der Waals surface area contributed by atoms with E-state index in [0.29, 0.717) is 28.1 Å². The third kappa shape index (κ3) is 3.33. The third-order valence-electron chi connectivity index (χ3n) is 4.71. The Hall–Kier alpha value is -3.57. The molecule has 150 valence electrons. The van der Waals surface area contributed by atoms with Crippen molar-refractivity contribution < 1.29 is 4.79 Å². The van der Waals surface area contributed by atoms with Crippen molar-refractivity contribution in [1.29, 1.82) is 5.26 Å². The molecule has 4 aromatic rings. The molecular formula is C22H19N5O2S. The zero-order valence-corrected chi connectivity index (χ0v) is 17.6. The van der Waals surface area contributed by atoms with Crippen LogP contribution in [0.2, 0.25) is 0 Å². The Balaban J connectivity index is 2.17. The van der Waals surface area contributed by atoms with Crippen molar-refractivity contribution in [3.63, 3.8) is 0 Å². The maximum atomic E-state index is 13.2. The molecule has 4 rings (SSSR count). The van der Waals surface area contributed by atoms with Gasteiger partial charge in [-0.2, -0.15) is 10.3 Å². The second-order valence-corrected chi connectivity index (χ2v) is 8.38. The minimum Gasteiger partial charge on any atom is -0.309 e. The lowest BCUT2D eigenvalue weighted by Crippen LogP contribution is -2.31. The van der Waals surface area contributed by atoms with E-state index in [0.717, 1.165) is 5.56 Å². The zero-order chi connectivity index (χ0) is 21.4. The van der Waals surface area contributed by atoms with E-state index in [1.807, 2.05) is 26.8 Å². The fraction of sp³-hybridized carbons (Fsp3) is 0.227. The Bertz CT molecular complexity index is 1450. The van der Waals surface area contributed by atoms with Crippen LogP contribution in [-0.4, -0.2) is 19.9 Å². The molecule has 0 bridgehead atoms. The van der Waals surface area contributed by atoms with E-state index in [1.54, 1.807) is 34.3 Å². The Labute approximate surface area is 176 Å². The summed E-state index contributed by atoms with van der Waals surface area (Å²) in [5.41, 5.74) is 1.93. The van der Waals surface area contributed by atoms with Gasteiger partial charge >= 0.3 is 0 Å². The van der Waals surface area contributed by atoms with Crippen LogP contribution >= 0.6 is 11.3 Å². The van der Waals surface area contributed by atoms with Crippen LogP contribution in [0.25, 0.3) is 16.7 Å². The highest BCUT2D eigenvalue weighted by atomic mass is 32.1. The molecule has 0 fully saturated rings. The van der Waals surface area contributed by atoms with Crippen LogP contribution in [0.5, 0.6) is 0 Å². The average Bonchev–Trinajstić information content (AvgIpc) is 3.25. The van der Waals surface area contributed by atoms with Crippen molar-refractivity contribution in [1.82, 2.24) is 14.0 Å². The largest absolute Gasteiger partial charge is 0.309 e. The van der Waals surface area contributed by atoms with E-state index in [-0.39, 0.29) is 22.5 Å². The van der Waals surface area contributed by atoms with Crippen molar-refractivity contribution in [3.8, 4) is 6.07 Å². The summed E-state index contributed by atoms with van der Waals surface area (Å²) in [5.74, 6) is -0.248. The van der Waals surface area contributed by atoms with E-state index in [4.69, 9.17) is 4.98 Å². The Morgan fingerprint density at radius 1 is 1.30 bits per heavy atom. The lowest BCUT2D eigenvalue weighted by atomic mass is 10.1. The Morgan fingerprint density at radius 3 is 2.77 bits per heavy atom. The van der Waals surface area contributed by atoms with Crippen LogP contribution in [-0.2, 0) is 6.54 Å². The summed E-state index contributed by atoms with van der Waals surface area (Å²) < 4.78 is 3.20. The molecule has 4 aromatic heterocycles. The first-order chi connectivity index (χ1) is 14.4. The highest BCUT2D eigenvalue weighted by Crippen LogP contribution is 2.15. The molecule has 0 aliphatic heterocycles. The number of thiophene rings is 1. The monoisotopic (exact) mass is 417 g/mol. The molecule has 0 atom stereocenters. The van der Waals surface area contributed by atoms with Gasteiger partial charge in [-0.1, -0.05) is 26.0 Å². The molecule has 0 aliphatic rings. The summed E-state index contributed by atoms with van der Waals surface area (Å²) in [6.07, 6.45) is 1.66. The van der Waals surface area contributed by atoms with E-state index < -0.39 is 5.91 Å². The number of hydrogen-bond donors (Lipinski definition) is 0. The van der Waals surface area contributed by atoms with Gasteiger partial charge in [0.2, 0.25) is 0 Å². The quantitative estimate of drug-likeness (QED) is 0.478. The Morgan fingerprint density at radius 2 is 2.10 bits per heavy atom. The van der Waals surface area contributed by atoms with Gasteiger partial charge in [0.05, 0.1) is 15.8 Å². The number of nitriles is 1. The van der Waals surface area contributed by atoms with E-state index in [9.17, 15) is 14.9 Å². The summed E-state index contributed by atoms with van der Waals surface area (Å²) in [6.45, 7) is 6.37. The molecular weight excluding hydrogens is 398 g/mol. The first kappa shape index (κ1) is 19.7. The van der Waals surface area contributed by atoms with Crippen molar-refractivity contribution >= 4 is 33.9 Å². The van der Waals surface area contributed by atoms with E-state index >= 15 is 0 Å². The number of hydrogen-bond acceptors (Lipinski definition) is 5. The van der Waals surface area contributed by atoms with Gasteiger partial charge in [0, 0.05) is 12.7 Å². The van der Waals surface area contributed by atoms with E-state index in [2.05, 4.69) is 11.1 Å². The number of carbonyl (C=O) groups excluding carboxylic acids is 1. The minimum atomic E-state index is -0.424. The number of aryl methyl sites for hydroxylation is 1. The standard InChI is InChI=1S/C22H19N5O2S/c1-13(2)12-27-19(25-21(28)17-7-5-9-30-17)15(11-23)10-16-20(27)24-18-14(3)6-4-8-26(18)22(16)29/h4-10,13H,12H2,1-3H3. The number of amides is 1. The number of pyridine rings is 2. The number of fused-ring (bicyclic) bond motifs is 2. The number of carbonyl (C=O) groups is 1. The second-order valence-electron chi connectivity index (χ2n) is 7.43. The maximum absolute atomic E-state index is 13.2. The average molecular weight is 417 g/mol. The van der Waals surface area contributed by atoms with Crippen molar-refractivity contribution in [2.75, 3.05) is 0 Å². The zero-order valence-electron chi connectivity index (χ0n) is 16.8. The molecule has 7 nitrogen and oxygen atoms in total. The number of rotatable bonds is 3. The van der Waals surface area contributed by atoms with Crippen LogP contribution in [0.4, 0.5) is 0 Å². The number of nitrogens with zero attached hydrogens (tertiary/aromatic N) is 5. The lowest BCUT2D eigenvalue weighted by molar-refractivity contribution is 0.100. The van der Waals surface area contributed by atoms with Gasteiger partial charge in [-0.05, 0) is 42.0 Å². The first-order valence-corrected chi connectivity index (χ1v) is 10.4. The molecule has 0 saturated heterocycles. The van der Waals surface area contributed by atoms with Crippen LogP contribution < -0.4 is 11.0 Å². The molecule has 30 heavy (non-hydrogen) atoms. The van der Waals surface area contributed by atoms with Crippen molar-refractivity contribution in [3.05, 3.63) is 73.8 Å². The van der Waals surface area contributed by atoms with Crippen molar-refractivity contribution in [2.24, 2.45) is 10.9 Å². The van der Waals surface area contributed by atoms with Gasteiger partial charge < -0.3 is 4.57 Å². The lowest BCUT2D eigenvalue weighted by Gasteiger charge is -2.15. The van der Waals surface area contributed by atoms with Crippen LogP contribution in [0, 0.1) is 24.2 Å². The molecule has 0 radical (unpaired) electrons. The topological polar surface area (TPSA) is 92.5 Å². The minimum absolute atomic E-state index is 0.166. The second kappa shape index (κ2) is 7.69. The molecule has 0 aromatic carbocycles. The van der Waals surface area contributed by atoms with Crippen molar-refractivity contribution in [2.45, 2.75) is 27.3 Å². The van der Waals surface area contributed by atoms with Gasteiger partial charge in [-0.3, -0.25) is 14.0 Å². The SMILES string of the molecule is Cc1cccn2c(=O)c3cc(C#N)c(=NC(=O)c4cccs4)n(CC(C)C)c3nc12. The van der Waals surface area contributed by atoms with Gasteiger partial charge in [0.15, 0.2) is 5.49 Å². The predicted molar refractivity (Wildman–Crippen MR) is 115 cm³/mol. The summed E-state index contributed by atoms with van der Waals surface area (Å²) in [5, 5.41) is 11.9. The van der Waals surface area contributed by atoms with Crippen LogP contribution in [0.15, 0.2) is 51.7 Å². The van der Waals surface area contributed by atoms with Gasteiger partial charge in [-0.25, -0.2) is 4.98 Å². The molecule has 1 amide bonds. The molecule has 0 aliphatic carbocycles. The summed E-state index contributed by atoms with van der Waals surface area (Å²) in [7, 11) is 0. The molecule has 0 saturated carbocycles. The van der Waals surface area contributed by atoms with Crippen LogP contribution in [0.1, 0.15) is 34.6 Å². The highest BCUT2D eigenvalue weighted by Gasteiger charge is 2.17. The molecule has 8 heteroatoms. The van der Waals surface area contributed by atoms with Gasteiger partial charge in [0.1, 0.15) is 17.4 Å². The molecule has 0 N–H and O–H groups in total. The van der Waals surface area contributed by atoms with Gasteiger partial charge in [-0.15, -0.1) is 11.3 Å². The maximum Gasteiger partial charge on any atom is 0.289 e. The summed E-state index contributed by atoms with van der Waals surface area (Å²) in [6, 6.07) is 10.7. The Kier molecular flexibility index (Phi) is 5.06. The third-order valence-corrected chi connectivity index (χ3v) is 5.57. The van der Waals surface area contributed by atoms with Crippen LogP contribution in [0.3, 0.4) is 0 Å². The number of aromatic nitrogens is 3. The summed E-state index contributed by atoms with van der Waals surface area (Å²) in [4.78, 5) is 35.4. The smallest absolute Gasteiger partial charge is 0.289 e. The van der Waals surface area contributed by atoms with Gasteiger partial charge in [0.25, 0.3) is 11.5 Å².